The van der Waals surface area contributed by atoms with Gasteiger partial charge < -0.3 is 14.2 Å². The number of esters is 1. The molecule has 1 aromatic rings. The fourth-order valence-electron chi connectivity index (χ4n) is 1.77. The number of methoxy groups -OCH3 is 2. The van der Waals surface area contributed by atoms with E-state index in [1.807, 2.05) is 6.07 Å². The Morgan fingerprint density at radius 2 is 1.81 bits per heavy atom. The zero-order valence-corrected chi connectivity index (χ0v) is 12.9. The van der Waals surface area contributed by atoms with E-state index in [4.69, 9.17) is 14.2 Å². The molecule has 0 amide bonds. The summed E-state index contributed by atoms with van der Waals surface area (Å²) in [5.41, 5.74) is 1.21. The van der Waals surface area contributed by atoms with Crippen LogP contribution in [-0.4, -0.2) is 26.3 Å². The van der Waals surface area contributed by atoms with Crippen LogP contribution < -0.4 is 9.47 Å². The Labute approximate surface area is 124 Å². The van der Waals surface area contributed by atoms with Crippen LogP contribution in [0.3, 0.4) is 0 Å². The van der Waals surface area contributed by atoms with Crippen molar-refractivity contribution in [3.8, 4) is 17.6 Å². The molecule has 0 aromatic heterocycles. The van der Waals surface area contributed by atoms with Crippen LogP contribution in [0.2, 0.25) is 0 Å². The van der Waals surface area contributed by atoms with Crippen molar-refractivity contribution in [2.45, 2.75) is 26.9 Å². The van der Waals surface area contributed by atoms with Crippen molar-refractivity contribution >= 4 is 11.5 Å². The lowest BCUT2D eigenvalue weighted by atomic mass is 10.0. The monoisotopic (exact) mass is 289 g/mol. The Kier molecular flexibility index (Phi) is 5.79. The summed E-state index contributed by atoms with van der Waals surface area (Å²) in [4.78, 5) is 11.9. The van der Waals surface area contributed by atoms with E-state index in [0.29, 0.717) is 22.6 Å². The number of hydrogen-bond donors (Lipinski definition) is 0. The second-order valence-corrected chi connectivity index (χ2v) is 4.64. The maximum Gasteiger partial charge on any atom is 0.349 e. The summed E-state index contributed by atoms with van der Waals surface area (Å²) in [7, 11) is 3.07. The summed E-state index contributed by atoms with van der Waals surface area (Å²) in [5, 5.41) is 9.20. The minimum atomic E-state index is -0.625. The molecule has 0 fully saturated rings. The largest absolute Gasteiger partial charge is 0.493 e. The fourth-order valence-corrected chi connectivity index (χ4v) is 1.77. The van der Waals surface area contributed by atoms with Gasteiger partial charge in [-0.2, -0.15) is 5.26 Å². The van der Waals surface area contributed by atoms with Gasteiger partial charge in [0.1, 0.15) is 11.6 Å². The molecule has 0 aliphatic rings. The van der Waals surface area contributed by atoms with Crippen LogP contribution in [0, 0.1) is 11.3 Å². The topological polar surface area (TPSA) is 68.5 Å². The third-order valence-electron chi connectivity index (χ3n) is 2.85. The van der Waals surface area contributed by atoms with Crippen molar-refractivity contribution in [1.82, 2.24) is 0 Å². The lowest BCUT2D eigenvalue weighted by Crippen LogP contribution is -2.13. The van der Waals surface area contributed by atoms with E-state index in [1.165, 1.54) is 7.11 Å². The molecule has 0 heterocycles. The molecular formula is C16H19NO4. The molecule has 0 bridgehead atoms. The van der Waals surface area contributed by atoms with Gasteiger partial charge in [-0.15, -0.1) is 0 Å². The van der Waals surface area contributed by atoms with Gasteiger partial charge in [0.2, 0.25) is 0 Å². The van der Waals surface area contributed by atoms with Gasteiger partial charge in [0.05, 0.1) is 20.3 Å². The van der Waals surface area contributed by atoms with Crippen molar-refractivity contribution in [1.29, 1.82) is 5.26 Å². The van der Waals surface area contributed by atoms with E-state index in [2.05, 4.69) is 0 Å². The van der Waals surface area contributed by atoms with E-state index in [9.17, 15) is 10.1 Å². The van der Waals surface area contributed by atoms with Crippen molar-refractivity contribution in [3.63, 3.8) is 0 Å². The van der Waals surface area contributed by atoms with Crippen LogP contribution in [0.25, 0.3) is 5.57 Å². The Morgan fingerprint density at radius 1 is 1.19 bits per heavy atom. The van der Waals surface area contributed by atoms with Crippen molar-refractivity contribution in [2.75, 3.05) is 14.2 Å². The van der Waals surface area contributed by atoms with Crippen LogP contribution in [0.4, 0.5) is 0 Å². The number of carbonyl (C=O) groups excluding carboxylic acids is 1. The molecule has 0 aliphatic carbocycles. The highest BCUT2D eigenvalue weighted by molar-refractivity contribution is 6.01. The highest BCUT2D eigenvalue weighted by atomic mass is 16.5. The van der Waals surface area contributed by atoms with Crippen LogP contribution in [0.5, 0.6) is 11.5 Å². The number of ether oxygens (including phenoxy) is 3. The molecule has 0 unspecified atom stereocenters. The number of nitrogens with zero attached hydrogens (tertiary/aromatic N) is 1. The normalized spacial score (nSPS) is 11.5. The van der Waals surface area contributed by atoms with Gasteiger partial charge in [0, 0.05) is 0 Å². The number of benzene rings is 1. The maximum absolute atomic E-state index is 11.9. The van der Waals surface area contributed by atoms with Crippen molar-refractivity contribution in [3.05, 3.63) is 29.3 Å². The highest BCUT2D eigenvalue weighted by Crippen LogP contribution is 2.31. The van der Waals surface area contributed by atoms with Gasteiger partial charge in [-0.25, -0.2) is 4.79 Å². The van der Waals surface area contributed by atoms with Gasteiger partial charge in [-0.05, 0) is 44.0 Å². The smallest absolute Gasteiger partial charge is 0.349 e. The van der Waals surface area contributed by atoms with E-state index in [1.54, 1.807) is 46.1 Å². The Balaban J connectivity index is 3.26. The average Bonchev–Trinajstić information content (AvgIpc) is 2.46. The molecule has 0 spiro atoms. The molecule has 0 N–H and O–H groups in total. The molecule has 0 saturated heterocycles. The third kappa shape index (κ3) is 3.99. The van der Waals surface area contributed by atoms with E-state index in [-0.39, 0.29) is 11.7 Å². The minimum Gasteiger partial charge on any atom is -0.493 e. The average molecular weight is 289 g/mol. The number of carbonyl (C=O) groups is 1. The summed E-state index contributed by atoms with van der Waals surface area (Å²) >= 11 is 0. The fraction of sp³-hybridized carbons (Fsp3) is 0.375. The Bertz CT molecular complexity index is 597. The number of allylic oxidation sites excluding steroid dienone is 1. The number of hydrogen-bond acceptors (Lipinski definition) is 5. The van der Waals surface area contributed by atoms with Gasteiger partial charge in [-0.3, -0.25) is 0 Å². The Morgan fingerprint density at radius 3 is 2.29 bits per heavy atom. The van der Waals surface area contributed by atoms with E-state index in [0.717, 1.165) is 0 Å². The molecular weight excluding hydrogens is 270 g/mol. The molecule has 1 aromatic carbocycles. The lowest BCUT2D eigenvalue weighted by Gasteiger charge is -2.12. The van der Waals surface area contributed by atoms with Crippen LogP contribution in [-0.2, 0) is 9.53 Å². The van der Waals surface area contributed by atoms with E-state index >= 15 is 0 Å². The van der Waals surface area contributed by atoms with Gasteiger partial charge in [0.15, 0.2) is 11.5 Å². The first-order valence-corrected chi connectivity index (χ1v) is 6.49. The second kappa shape index (κ2) is 7.34. The SMILES string of the molecule is COc1ccc(/C(C)=C(/C#N)C(=O)OC(C)C)cc1OC. The standard InChI is InChI=1S/C16H19NO4/c1-10(2)21-16(18)13(9-17)11(3)12-6-7-14(19-4)15(8-12)20-5/h6-8,10H,1-5H3/b13-11-. The molecule has 0 atom stereocenters. The predicted octanol–water partition coefficient (Wildman–Crippen LogP) is 2.95. The predicted molar refractivity (Wildman–Crippen MR) is 79.0 cm³/mol. The van der Waals surface area contributed by atoms with Gasteiger partial charge in [-0.1, -0.05) is 6.07 Å². The summed E-state index contributed by atoms with van der Waals surface area (Å²) in [6, 6.07) is 7.10. The van der Waals surface area contributed by atoms with Gasteiger partial charge >= 0.3 is 5.97 Å². The molecule has 112 valence electrons. The van der Waals surface area contributed by atoms with E-state index < -0.39 is 5.97 Å². The van der Waals surface area contributed by atoms with Crippen LogP contribution in [0.1, 0.15) is 26.3 Å². The molecule has 0 saturated carbocycles. The zero-order valence-electron chi connectivity index (χ0n) is 12.9. The molecule has 0 radical (unpaired) electrons. The number of rotatable bonds is 5. The number of nitriles is 1. The first-order chi connectivity index (χ1) is 9.94. The van der Waals surface area contributed by atoms with Crippen LogP contribution >= 0.6 is 0 Å². The first kappa shape index (κ1) is 16.6. The molecule has 5 nitrogen and oxygen atoms in total. The lowest BCUT2D eigenvalue weighted by molar-refractivity contribution is -0.142. The molecule has 0 aliphatic heterocycles. The van der Waals surface area contributed by atoms with Gasteiger partial charge in [0.25, 0.3) is 0 Å². The Hall–Kier alpha value is -2.48. The van der Waals surface area contributed by atoms with Crippen LogP contribution in [0.15, 0.2) is 23.8 Å². The second-order valence-electron chi connectivity index (χ2n) is 4.64. The third-order valence-corrected chi connectivity index (χ3v) is 2.85. The first-order valence-electron chi connectivity index (χ1n) is 6.49. The summed E-state index contributed by atoms with van der Waals surface area (Å²) in [6.07, 6.45) is -0.279. The summed E-state index contributed by atoms with van der Waals surface area (Å²) in [5.74, 6) is 0.487. The van der Waals surface area contributed by atoms with Crippen molar-refractivity contribution < 1.29 is 19.0 Å². The quantitative estimate of drug-likeness (QED) is 0.473. The molecule has 1 rings (SSSR count). The molecule has 5 heteroatoms. The molecule has 21 heavy (non-hydrogen) atoms. The zero-order chi connectivity index (χ0) is 16.0. The highest BCUT2D eigenvalue weighted by Gasteiger charge is 2.17. The summed E-state index contributed by atoms with van der Waals surface area (Å²) < 4.78 is 15.5. The summed E-state index contributed by atoms with van der Waals surface area (Å²) in [6.45, 7) is 5.17. The maximum atomic E-state index is 11.9. The van der Waals surface area contributed by atoms with Crippen molar-refractivity contribution in [2.24, 2.45) is 0 Å². The minimum absolute atomic E-state index is 0.0177.